The Bertz CT molecular complexity index is 1040. The van der Waals surface area contributed by atoms with Gasteiger partial charge in [-0.3, -0.25) is 14.5 Å². The number of halogens is 3. The average molecular weight is 478 g/mol. The third-order valence-electron chi connectivity index (χ3n) is 5.94. The molecule has 2 amide bonds. The number of fused-ring (bicyclic) bond motifs is 1. The second kappa shape index (κ2) is 9.77. The van der Waals surface area contributed by atoms with Gasteiger partial charge in [0.2, 0.25) is 11.8 Å². The van der Waals surface area contributed by atoms with Crippen molar-refractivity contribution in [1.82, 2.24) is 10.2 Å². The van der Waals surface area contributed by atoms with Crippen LogP contribution in [0, 0.1) is 6.92 Å². The summed E-state index contributed by atoms with van der Waals surface area (Å²) >= 11 is 1.13. The number of alkyl halides is 3. The maximum absolute atomic E-state index is 12.9. The molecule has 1 unspecified atom stereocenters. The molecule has 2 aromatic rings. The zero-order valence-corrected chi connectivity index (χ0v) is 19.1. The van der Waals surface area contributed by atoms with Crippen LogP contribution in [-0.4, -0.2) is 41.1 Å². The summed E-state index contributed by atoms with van der Waals surface area (Å²) in [4.78, 5) is 27.9. The van der Waals surface area contributed by atoms with Gasteiger partial charge in [-0.2, -0.15) is 13.2 Å². The Hall–Kier alpha value is -2.52. The minimum atomic E-state index is -4.48. The molecule has 33 heavy (non-hydrogen) atoms. The molecule has 2 aliphatic rings. The van der Waals surface area contributed by atoms with Crippen molar-refractivity contribution >= 4 is 29.3 Å². The molecule has 1 fully saturated rings. The molecule has 9 heteroatoms. The van der Waals surface area contributed by atoms with Crippen LogP contribution in [0.4, 0.5) is 18.9 Å². The number of nitrogens with zero attached hydrogens (tertiary/aromatic N) is 1. The maximum Gasteiger partial charge on any atom is 0.416 e. The first-order chi connectivity index (χ1) is 15.7. The van der Waals surface area contributed by atoms with Crippen LogP contribution in [0.2, 0.25) is 0 Å². The fraction of sp³-hybridized carbons (Fsp3) is 0.417. The number of thioether (sulfide) groups is 1. The van der Waals surface area contributed by atoms with E-state index in [1.54, 1.807) is 0 Å². The lowest BCUT2D eigenvalue weighted by molar-refractivity contribution is -0.137. The van der Waals surface area contributed by atoms with Crippen molar-refractivity contribution in [3.63, 3.8) is 0 Å². The van der Waals surface area contributed by atoms with E-state index in [0.717, 1.165) is 56.4 Å². The van der Waals surface area contributed by atoms with E-state index in [4.69, 9.17) is 0 Å². The van der Waals surface area contributed by atoms with Crippen molar-refractivity contribution in [1.29, 1.82) is 0 Å². The quantitative estimate of drug-likeness (QED) is 0.661. The molecule has 0 spiro atoms. The summed E-state index contributed by atoms with van der Waals surface area (Å²) in [5.74, 6) is -0.662. The second-order valence-corrected chi connectivity index (χ2v) is 9.86. The van der Waals surface area contributed by atoms with Crippen molar-refractivity contribution in [2.24, 2.45) is 0 Å². The van der Waals surface area contributed by atoms with Gasteiger partial charge in [-0.15, -0.1) is 11.8 Å². The topological polar surface area (TPSA) is 61.4 Å². The van der Waals surface area contributed by atoms with Gasteiger partial charge in [-0.1, -0.05) is 29.8 Å². The lowest BCUT2D eigenvalue weighted by Gasteiger charge is -2.33. The van der Waals surface area contributed by atoms with Gasteiger partial charge in [0.05, 0.1) is 16.5 Å². The van der Waals surface area contributed by atoms with E-state index in [0.29, 0.717) is 4.90 Å². The molecule has 4 rings (SSSR count). The summed E-state index contributed by atoms with van der Waals surface area (Å²) < 4.78 is 38.7. The molecule has 2 aliphatic heterocycles. The Morgan fingerprint density at radius 1 is 1.18 bits per heavy atom. The predicted octanol–water partition coefficient (Wildman–Crippen LogP) is 4.60. The van der Waals surface area contributed by atoms with Gasteiger partial charge in [0.15, 0.2) is 0 Å². The molecule has 176 valence electrons. The van der Waals surface area contributed by atoms with E-state index in [9.17, 15) is 22.8 Å². The molecule has 1 saturated heterocycles. The Labute approximate surface area is 195 Å². The molecular weight excluding hydrogens is 451 g/mol. The first-order valence-corrected chi connectivity index (χ1v) is 11.8. The minimum Gasteiger partial charge on any atom is -0.353 e. The zero-order valence-electron chi connectivity index (χ0n) is 18.2. The van der Waals surface area contributed by atoms with E-state index in [1.165, 1.54) is 17.2 Å². The van der Waals surface area contributed by atoms with Crippen molar-refractivity contribution in [2.75, 3.05) is 18.4 Å². The van der Waals surface area contributed by atoms with Gasteiger partial charge < -0.3 is 10.6 Å². The first kappa shape index (κ1) is 23.6. The highest BCUT2D eigenvalue weighted by Crippen LogP contribution is 2.40. The highest BCUT2D eigenvalue weighted by molar-refractivity contribution is 8.01. The SMILES string of the molecule is Cc1cccc(CN2CCC(NC(=O)CC3Sc4ccc(C(F)(F)F)cc4NC3=O)CC2)c1. The summed E-state index contributed by atoms with van der Waals surface area (Å²) in [6, 6.07) is 11.8. The summed E-state index contributed by atoms with van der Waals surface area (Å²) in [5.41, 5.74) is 1.84. The van der Waals surface area contributed by atoms with Crippen molar-refractivity contribution in [2.45, 2.75) is 55.1 Å². The first-order valence-electron chi connectivity index (χ1n) is 10.9. The Kier molecular flexibility index (Phi) is 6.99. The van der Waals surface area contributed by atoms with E-state index in [1.807, 2.05) is 0 Å². The number of piperidine rings is 1. The number of amides is 2. The van der Waals surface area contributed by atoms with Gasteiger partial charge >= 0.3 is 6.18 Å². The number of hydrogen-bond acceptors (Lipinski definition) is 4. The molecule has 0 bridgehead atoms. The van der Waals surface area contributed by atoms with E-state index in [-0.39, 0.29) is 24.1 Å². The summed E-state index contributed by atoms with van der Waals surface area (Å²) in [5, 5.41) is 4.87. The van der Waals surface area contributed by atoms with Crippen molar-refractivity contribution in [3.05, 3.63) is 59.2 Å². The normalized spacial score (nSPS) is 19.6. The van der Waals surface area contributed by atoms with E-state index < -0.39 is 22.9 Å². The van der Waals surface area contributed by atoms with Gasteiger partial charge in [0.1, 0.15) is 0 Å². The Balaban J connectivity index is 1.26. The average Bonchev–Trinajstić information content (AvgIpc) is 2.75. The highest BCUT2D eigenvalue weighted by atomic mass is 32.2. The second-order valence-electron chi connectivity index (χ2n) is 8.62. The number of hydrogen-bond donors (Lipinski definition) is 2. The molecule has 0 aromatic heterocycles. The Morgan fingerprint density at radius 3 is 2.64 bits per heavy atom. The summed E-state index contributed by atoms with van der Waals surface area (Å²) in [6.07, 6.45) is -2.81. The van der Waals surface area contributed by atoms with Gasteiger partial charge in [0, 0.05) is 37.0 Å². The number of carbonyl (C=O) groups is 2. The molecule has 0 saturated carbocycles. The number of rotatable bonds is 5. The smallest absolute Gasteiger partial charge is 0.353 e. The monoisotopic (exact) mass is 477 g/mol. The lowest BCUT2D eigenvalue weighted by Crippen LogP contribution is -2.45. The summed E-state index contributed by atoms with van der Waals surface area (Å²) in [6.45, 7) is 4.73. The molecule has 2 heterocycles. The van der Waals surface area contributed by atoms with Gasteiger partial charge in [0.25, 0.3) is 0 Å². The van der Waals surface area contributed by atoms with Crippen LogP contribution < -0.4 is 10.6 Å². The van der Waals surface area contributed by atoms with Crippen LogP contribution in [0.1, 0.15) is 36.0 Å². The molecule has 2 aromatic carbocycles. The van der Waals surface area contributed by atoms with Crippen LogP contribution in [0.25, 0.3) is 0 Å². The highest BCUT2D eigenvalue weighted by Gasteiger charge is 2.34. The summed E-state index contributed by atoms with van der Waals surface area (Å²) in [7, 11) is 0. The lowest BCUT2D eigenvalue weighted by atomic mass is 10.0. The van der Waals surface area contributed by atoms with Crippen LogP contribution in [0.15, 0.2) is 47.4 Å². The third-order valence-corrected chi connectivity index (χ3v) is 7.21. The largest absolute Gasteiger partial charge is 0.416 e. The number of carbonyl (C=O) groups excluding carboxylic acids is 2. The van der Waals surface area contributed by atoms with Crippen LogP contribution >= 0.6 is 11.8 Å². The molecule has 0 radical (unpaired) electrons. The van der Waals surface area contributed by atoms with E-state index in [2.05, 4.69) is 46.7 Å². The minimum absolute atomic E-state index is 0.0134. The molecule has 2 N–H and O–H groups in total. The Morgan fingerprint density at radius 2 is 1.94 bits per heavy atom. The third kappa shape index (κ3) is 6.09. The zero-order chi connectivity index (χ0) is 23.6. The predicted molar refractivity (Wildman–Crippen MR) is 122 cm³/mol. The van der Waals surface area contributed by atoms with Crippen LogP contribution in [0.5, 0.6) is 0 Å². The number of aryl methyl sites for hydroxylation is 1. The fourth-order valence-electron chi connectivity index (χ4n) is 4.22. The van der Waals surface area contributed by atoms with Crippen molar-refractivity contribution in [3.8, 4) is 0 Å². The van der Waals surface area contributed by atoms with E-state index >= 15 is 0 Å². The molecule has 0 aliphatic carbocycles. The van der Waals surface area contributed by atoms with Crippen LogP contribution in [0.3, 0.4) is 0 Å². The molecule has 1 atom stereocenters. The number of likely N-dealkylation sites (tertiary alicyclic amines) is 1. The fourth-order valence-corrected chi connectivity index (χ4v) is 5.31. The maximum atomic E-state index is 12.9. The molecule has 5 nitrogen and oxygen atoms in total. The van der Waals surface area contributed by atoms with Gasteiger partial charge in [-0.25, -0.2) is 0 Å². The standard InChI is InChI=1S/C24H26F3N3O2S/c1-15-3-2-4-16(11-15)14-30-9-7-18(8-10-30)28-22(31)13-21-23(32)29-19-12-17(24(25,26)27)5-6-20(19)33-21/h2-6,11-12,18,21H,7-10,13-14H2,1H3,(H,28,31)(H,29,32). The number of benzene rings is 2. The van der Waals surface area contributed by atoms with Crippen molar-refractivity contribution < 1.29 is 22.8 Å². The van der Waals surface area contributed by atoms with Gasteiger partial charge in [-0.05, 0) is 43.5 Å². The number of anilines is 1. The molecular formula is C24H26F3N3O2S. The van der Waals surface area contributed by atoms with Crippen LogP contribution in [-0.2, 0) is 22.3 Å². The number of nitrogens with one attached hydrogen (secondary N) is 2.